The number of rotatable bonds is 7. The van der Waals surface area contributed by atoms with Crippen LogP contribution >= 0.6 is 15.9 Å². The predicted molar refractivity (Wildman–Crippen MR) is 108 cm³/mol. The van der Waals surface area contributed by atoms with Gasteiger partial charge in [-0.1, -0.05) is 46.3 Å². The zero-order valence-corrected chi connectivity index (χ0v) is 16.8. The van der Waals surface area contributed by atoms with Crippen molar-refractivity contribution in [1.29, 1.82) is 0 Å². The molecule has 0 aromatic carbocycles. The molecule has 0 saturated heterocycles. The lowest BCUT2D eigenvalue weighted by Gasteiger charge is -2.32. The number of halogens is 2. The van der Waals surface area contributed by atoms with Crippen molar-refractivity contribution in [3.8, 4) is 0 Å². The maximum absolute atomic E-state index is 13.9. The van der Waals surface area contributed by atoms with Crippen LogP contribution in [0.5, 0.6) is 0 Å². The lowest BCUT2D eigenvalue weighted by atomic mass is 9.75. The van der Waals surface area contributed by atoms with Crippen LogP contribution in [0.2, 0.25) is 0 Å². The van der Waals surface area contributed by atoms with E-state index in [1.54, 1.807) is 12.2 Å². The summed E-state index contributed by atoms with van der Waals surface area (Å²) in [4.78, 5) is 22.6. The van der Waals surface area contributed by atoms with Crippen molar-refractivity contribution in [3.05, 3.63) is 48.4 Å². The summed E-state index contributed by atoms with van der Waals surface area (Å²) >= 11 is 3.18. The second kappa shape index (κ2) is 9.49. The fraction of sp³-hybridized carbons (Fsp3) is 0.524. The third-order valence-corrected chi connectivity index (χ3v) is 6.42. The predicted octanol–water partition coefficient (Wildman–Crippen LogP) is 3.43. The van der Waals surface area contributed by atoms with Gasteiger partial charge in [-0.25, -0.2) is 4.39 Å². The molecule has 2 N–H and O–H groups in total. The largest absolute Gasteiger partial charge is 0.357 e. The Morgan fingerprint density at radius 3 is 2.81 bits per heavy atom. The lowest BCUT2D eigenvalue weighted by Crippen LogP contribution is -2.44. The van der Waals surface area contributed by atoms with Crippen molar-refractivity contribution in [2.24, 2.45) is 29.6 Å². The molecule has 146 valence electrons. The summed E-state index contributed by atoms with van der Waals surface area (Å²) in [6.45, 7) is 0.397. The molecule has 0 aromatic heterocycles. The van der Waals surface area contributed by atoms with E-state index < -0.39 is 0 Å². The van der Waals surface area contributed by atoms with Gasteiger partial charge in [0.25, 0.3) is 0 Å². The van der Waals surface area contributed by atoms with Crippen LogP contribution in [0.3, 0.4) is 0 Å². The van der Waals surface area contributed by atoms with E-state index in [0.29, 0.717) is 36.6 Å². The minimum absolute atomic E-state index is 0.0960. The molecule has 0 spiro atoms. The fourth-order valence-corrected chi connectivity index (χ4v) is 4.90. The van der Waals surface area contributed by atoms with Gasteiger partial charge in [-0.3, -0.25) is 9.59 Å². The maximum Gasteiger partial charge on any atom is 0.230 e. The summed E-state index contributed by atoms with van der Waals surface area (Å²) in [5, 5.41) is 5.92. The van der Waals surface area contributed by atoms with Crippen molar-refractivity contribution < 1.29 is 14.0 Å². The summed E-state index contributed by atoms with van der Waals surface area (Å²) in [6, 6.07) is -0.144. The molecule has 0 radical (unpaired) electrons. The molecule has 1 saturated carbocycles. The molecular formula is C21H26BrFN2O2. The number of hydrogen-bond acceptors (Lipinski definition) is 2. The van der Waals surface area contributed by atoms with E-state index in [1.807, 2.05) is 6.08 Å². The minimum atomic E-state index is -0.155. The van der Waals surface area contributed by atoms with Crippen molar-refractivity contribution in [3.63, 3.8) is 0 Å². The van der Waals surface area contributed by atoms with Gasteiger partial charge in [0.15, 0.2) is 0 Å². The SMILES string of the molecule is O=CNC[C@@H](C[C@H]1CC2C=C(F)C=CC2CC2C=CC=CC21)NC(=O)CBr. The molecule has 27 heavy (non-hydrogen) atoms. The van der Waals surface area contributed by atoms with Gasteiger partial charge in [-0.2, -0.15) is 0 Å². The van der Waals surface area contributed by atoms with E-state index in [9.17, 15) is 14.0 Å². The average molecular weight is 437 g/mol. The molecule has 2 amide bonds. The van der Waals surface area contributed by atoms with Gasteiger partial charge in [0, 0.05) is 12.6 Å². The summed E-state index contributed by atoms with van der Waals surface area (Å²) in [7, 11) is 0. The first-order valence-corrected chi connectivity index (χ1v) is 10.7. The first-order chi connectivity index (χ1) is 13.1. The standard InChI is InChI=1S/C21H26BrFN2O2/c22-11-21(27)25-19(12-24-13-26)10-17-8-16-9-18(23)6-5-14(16)7-15-3-1-2-4-20(15)17/h1-6,9,13-17,19-20H,7-8,10-12H2,(H,24,26)(H,25,27)/t14?,15?,16?,17-,19-,20?/m1/s1. The number of amides is 2. The Morgan fingerprint density at radius 1 is 1.22 bits per heavy atom. The molecule has 3 aliphatic rings. The van der Waals surface area contributed by atoms with E-state index in [0.717, 1.165) is 19.3 Å². The number of alkyl halides is 1. The zero-order valence-electron chi connectivity index (χ0n) is 15.2. The fourth-order valence-electron chi connectivity index (χ4n) is 4.74. The van der Waals surface area contributed by atoms with Gasteiger partial charge in [-0.05, 0) is 61.0 Å². The summed E-state index contributed by atoms with van der Waals surface area (Å²) in [6.07, 6.45) is 17.4. The van der Waals surface area contributed by atoms with Crippen LogP contribution in [0, 0.1) is 29.6 Å². The molecule has 0 heterocycles. The Bertz CT molecular complexity index is 673. The van der Waals surface area contributed by atoms with Crippen LogP contribution in [-0.2, 0) is 9.59 Å². The molecule has 6 heteroatoms. The normalized spacial score (nSPS) is 32.5. The van der Waals surface area contributed by atoms with E-state index in [2.05, 4.69) is 50.9 Å². The van der Waals surface area contributed by atoms with Gasteiger partial charge >= 0.3 is 0 Å². The van der Waals surface area contributed by atoms with Crippen molar-refractivity contribution in [1.82, 2.24) is 10.6 Å². The monoisotopic (exact) mass is 436 g/mol. The van der Waals surface area contributed by atoms with E-state index in [-0.39, 0.29) is 29.0 Å². The molecular weight excluding hydrogens is 411 g/mol. The van der Waals surface area contributed by atoms with Crippen LogP contribution in [0.4, 0.5) is 4.39 Å². The van der Waals surface area contributed by atoms with Gasteiger partial charge in [-0.15, -0.1) is 0 Å². The van der Waals surface area contributed by atoms with Crippen LogP contribution in [0.25, 0.3) is 0 Å². The molecule has 3 aliphatic carbocycles. The summed E-state index contributed by atoms with van der Waals surface area (Å²) < 4.78 is 13.9. The highest BCUT2D eigenvalue weighted by Crippen LogP contribution is 2.46. The van der Waals surface area contributed by atoms with E-state index >= 15 is 0 Å². The third kappa shape index (κ3) is 5.18. The van der Waals surface area contributed by atoms with E-state index in [4.69, 9.17) is 0 Å². The maximum atomic E-state index is 13.9. The number of carbonyl (C=O) groups excluding carboxylic acids is 2. The zero-order chi connectivity index (χ0) is 19.2. The Kier molecular flexibility index (Phi) is 7.05. The molecule has 3 rings (SSSR count). The first-order valence-electron chi connectivity index (χ1n) is 9.53. The highest BCUT2D eigenvalue weighted by molar-refractivity contribution is 9.09. The van der Waals surface area contributed by atoms with Crippen molar-refractivity contribution in [2.75, 3.05) is 11.9 Å². The Balaban J connectivity index is 1.80. The molecule has 0 aliphatic heterocycles. The average Bonchev–Trinajstić information content (AvgIpc) is 2.82. The van der Waals surface area contributed by atoms with Gasteiger partial charge in [0.1, 0.15) is 5.83 Å². The van der Waals surface area contributed by atoms with E-state index in [1.165, 1.54) is 0 Å². The van der Waals surface area contributed by atoms with Crippen LogP contribution in [-0.4, -0.2) is 30.2 Å². The van der Waals surface area contributed by atoms with Crippen LogP contribution in [0.1, 0.15) is 19.3 Å². The second-order valence-electron chi connectivity index (χ2n) is 7.64. The van der Waals surface area contributed by atoms with Gasteiger partial charge in [0.05, 0.1) is 5.33 Å². The van der Waals surface area contributed by atoms with Crippen molar-refractivity contribution >= 4 is 28.2 Å². The first kappa shape index (κ1) is 20.1. The molecule has 1 fully saturated rings. The number of hydrogen-bond donors (Lipinski definition) is 2. The molecule has 0 aromatic rings. The second-order valence-corrected chi connectivity index (χ2v) is 8.20. The number of fused-ring (bicyclic) bond motifs is 2. The minimum Gasteiger partial charge on any atom is -0.357 e. The summed E-state index contributed by atoms with van der Waals surface area (Å²) in [5.41, 5.74) is 0. The molecule has 6 atom stereocenters. The Morgan fingerprint density at radius 2 is 2.04 bits per heavy atom. The molecule has 0 bridgehead atoms. The number of allylic oxidation sites excluding steroid dienone is 8. The molecule has 4 unspecified atom stereocenters. The van der Waals surface area contributed by atoms with Gasteiger partial charge in [0.2, 0.25) is 12.3 Å². The lowest BCUT2D eigenvalue weighted by molar-refractivity contribution is -0.119. The number of nitrogens with one attached hydrogen (secondary N) is 2. The topological polar surface area (TPSA) is 58.2 Å². The highest BCUT2D eigenvalue weighted by atomic mass is 79.9. The smallest absolute Gasteiger partial charge is 0.230 e. The third-order valence-electron chi connectivity index (χ3n) is 5.91. The van der Waals surface area contributed by atoms with Crippen LogP contribution in [0.15, 0.2) is 48.4 Å². The number of carbonyl (C=O) groups is 2. The quantitative estimate of drug-likeness (QED) is 0.474. The van der Waals surface area contributed by atoms with Gasteiger partial charge < -0.3 is 10.6 Å². The molecule has 4 nitrogen and oxygen atoms in total. The van der Waals surface area contributed by atoms with Crippen LogP contribution < -0.4 is 10.6 Å². The highest BCUT2D eigenvalue weighted by Gasteiger charge is 2.38. The summed E-state index contributed by atoms with van der Waals surface area (Å²) in [5.74, 6) is 1.36. The van der Waals surface area contributed by atoms with Crippen molar-refractivity contribution in [2.45, 2.75) is 25.3 Å². The Labute approximate surface area is 168 Å². The Hall–Kier alpha value is -1.69.